The molecule has 0 bridgehead atoms. The summed E-state index contributed by atoms with van der Waals surface area (Å²) in [5, 5.41) is 9.08. The lowest BCUT2D eigenvalue weighted by atomic mass is 9.96. The largest absolute Gasteiger partial charge is 0.378 e. The van der Waals surface area contributed by atoms with E-state index in [-0.39, 0.29) is 5.92 Å². The minimum absolute atomic E-state index is 0.116. The van der Waals surface area contributed by atoms with Crippen molar-refractivity contribution in [3.8, 4) is 6.07 Å². The fraction of sp³-hybridized carbons (Fsp3) is 0.389. The Morgan fingerprint density at radius 3 is 2.74 bits per heavy atom. The topological polar surface area (TPSA) is 62.0 Å². The maximum absolute atomic E-state index is 9.08. The van der Waals surface area contributed by atoms with Gasteiger partial charge in [0, 0.05) is 25.1 Å². The molecule has 0 spiro atoms. The highest BCUT2D eigenvalue weighted by Crippen LogP contribution is 2.26. The number of anilines is 1. The molecule has 1 aliphatic rings. The van der Waals surface area contributed by atoms with Crippen molar-refractivity contribution < 1.29 is 4.74 Å². The zero-order valence-corrected chi connectivity index (χ0v) is 13.5. The molecule has 1 atom stereocenters. The minimum Gasteiger partial charge on any atom is -0.378 e. The van der Waals surface area contributed by atoms with Gasteiger partial charge >= 0.3 is 0 Å². The summed E-state index contributed by atoms with van der Waals surface area (Å²) >= 11 is 0. The summed E-state index contributed by atoms with van der Waals surface area (Å²) in [6.45, 7) is 7.21. The lowest BCUT2D eigenvalue weighted by molar-refractivity contribution is 0.122. The van der Waals surface area contributed by atoms with Gasteiger partial charge in [0.2, 0.25) is 0 Å². The molecular formula is C18H20N4O. The van der Waals surface area contributed by atoms with Crippen LogP contribution in [0.5, 0.6) is 0 Å². The summed E-state index contributed by atoms with van der Waals surface area (Å²) < 4.78 is 5.41. The Morgan fingerprint density at radius 1 is 1.22 bits per heavy atom. The molecule has 1 aliphatic heterocycles. The van der Waals surface area contributed by atoms with Crippen LogP contribution in [0.25, 0.3) is 0 Å². The first kappa shape index (κ1) is 15.4. The molecule has 0 radical (unpaired) electrons. The van der Waals surface area contributed by atoms with E-state index < -0.39 is 0 Å². The Morgan fingerprint density at radius 2 is 2.00 bits per heavy atom. The zero-order chi connectivity index (χ0) is 16.2. The smallest absolute Gasteiger partial charge is 0.132 e. The molecule has 0 aliphatic carbocycles. The first-order valence-corrected chi connectivity index (χ1v) is 7.85. The van der Waals surface area contributed by atoms with Gasteiger partial charge < -0.3 is 9.64 Å². The summed E-state index contributed by atoms with van der Waals surface area (Å²) in [7, 11) is 0. The molecule has 5 heteroatoms. The van der Waals surface area contributed by atoms with Crippen LogP contribution in [0, 0.1) is 18.3 Å². The Kier molecular flexibility index (Phi) is 4.54. The molecule has 1 aromatic heterocycles. The van der Waals surface area contributed by atoms with Gasteiger partial charge in [0.1, 0.15) is 11.6 Å². The van der Waals surface area contributed by atoms with Crippen LogP contribution in [0.2, 0.25) is 0 Å². The van der Waals surface area contributed by atoms with E-state index in [1.807, 2.05) is 31.2 Å². The molecule has 5 nitrogen and oxygen atoms in total. The average Bonchev–Trinajstić information content (AvgIpc) is 2.61. The standard InChI is InChI=1S/C18H20N4O/c1-13(16-5-3-4-15(10-16)12-19)17-11-18(21-14(2)20-17)22-6-8-23-9-7-22/h3-5,10-11,13H,6-9H2,1-2H3. The number of aryl methyl sites for hydroxylation is 1. The van der Waals surface area contributed by atoms with Crippen LogP contribution in [-0.2, 0) is 4.74 Å². The normalized spacial score (nSPS) is 16.0. The van der Waals surface area contributed by atoms with Gasteiger partial charge in [0.15, 0.2) is 0 Å². The molecule has 0 amide bonds. The van der Waals surface area contributed by atoms with Crippen molar-refractivity contribution in [3.63, 3.8) is 0 Å². The van der Waals surface area contributed by atoms with Gasteiger partial charge in [-0.25, -0.2) is 9.97 Å². The van der Waals surface area contributed by atoms with Crippen LogP contribution in [0.15, 0.2) is 30.3 Å². The number of nitriles is 1. The summed E-state index contributed by atoms with van der Waals surface area (Å²) in [6, 6.07) is 12.0. The molecule has 1 saturated heterocycles. The van der Waals surface area contributed by atoms with Crippen molar-refractivity contribution in [2.24, 2.45) is 0 Å². The van der Waals surface area contributed by atoms with E-state index in [4.69, 9.17) is 10.00 Å². The maximum Gasteiger partial charge on any atom is 0.132 e. The second-order valence-electron chi connectivity index (χ2n) is 5.76. The fourth-order valence-electron chi connectivity index (χ4n) is 2.80. The molecule has 1 unspecified atom stereocenters. The van der Waals surface area contributed by atoms with Crippen LogP contribution in [0.4, 0.5) is 5.82 Å². The first-order chi connectivity index (χ1) is 11.2. The lowest BCUT2D eigenvalue weighted by Gasteiger charge is -2.28. The number of ether oxygens (including phenoxy) is 1. The molecule has 1 fully saturated rings. The molecule has 118 valence electrons. The Labute approximate surface area is 136 Å². The predicted molar refractivity (Wildman–Crippen MR) is 88.5 cm³/mol. The Bertz CT molecular complexity index is 732. The van der Waals surface area contributed by atoms with E-state index >= 15 is 0 Å². The monoisotopic (exact) mass is 308 g/mol. The minimum atomic E-state index is 0.116. The lowest BCUT2D eigenvalue weighted by Crippen LogP contribution is -2.37. The molecule has 0 saturated carbocycles. The summed E-state index contributed by atoms with van der Waals surface area (Å²) in [5.74, 6) is 1.84. The van der Waals surface area contributed by atoms with Crippen molar-refractivity contribution in [2.45, 2.75) is 19.8 Å². The number of benzene rings is 1. The van der Waals surface area contributed by atoms with Crippen LogP contribution >= 0.6 is 0 Å². The van der Waals surface area contributed by atoms with E-state index in [0.717, 1.165) is 49.2 Å². The average molecular weight is 308 g/mol. The van der Waals surface area contributed by atoms with E-state index in [9.17, 15) is 0 Å². The second-order valence-corrected chi connectivity index (χ2v) is 5.76. The Hall–Kier alpha value is -2.45. The number of morpholine rings is 1. The third-order valence-corrected chi connectivity index (χ3v) is 4.14. The van der Waals surface area contributed by atoms with Crippen molar-refractivity contribution in [2.75, 3.05) is 31.2 Å². The van der Waals surface area contributed by atoms with Crippen LogP contribution in [0.3, 0.4) is 0 Å². The molecule has 1 aromatic carbocycles. The first-order valence-electron chi connectivity index (χ1n) is 7.85. The van der Waals surface area contributed by atoms with E-state index in [0.29, 0.717) is 5.56 Å². The van der Waals surface area contributed by atoms with Crippen molar-refractivity contribution in [1.82, 2.24) is 9.97 Å². The highest BCUT2D eigenvalue weighted by Gasteiger charge is 2.17. The number of aromatic nitrogens is 2. The van der Waals surface area contributed by atoms with Gasteiger partial charge in [-0.2, -0.15) is 5.26 Å². The van der Waals surface area contributed by atoms with Gasteiger partial charge in [-0.3, -0.25) is 0 Å². The van der Waals surface area contributed by atoms with Gasteiger partial charge in [-0.15, -0.1) is 0 Å². The number of nitrogens with zero attached hydrogens (tertiary/aromatic N) is 4. The molecule has 2 aromatic rings. The third kappa shape index (κ3) is 3.49. The molecule has 2 heterocycles. The van der Waals surface area contributed by atoms with Gasteiger partial charge in [-0.1, -0.05) is 19.1 Å². The maximum atomic E-state index is 9.08. The molecule has 3 rings (SSSR count). The van der Waals surface area contributed by atoms with Crippen molar-refractivity contribution >= 4 is 5.82 Å². The zero-order valence-electron chi connectivity index (χ0n) is 13.5. The van der Waals surface area contributed by atoms with E-state index in [1.165, 1.54) is 0 Å². The summed E-state index contributed by atoms with van der Waals surface area (Å²) in [5.41, 5.74) is 2.75. The fourth-order valence-corrected chi connectivity index (χ4v) is 2.80. The van der Waals surface area contributed by atoms with Gasteiger partial charge in [0.25, 0.3) is 0 Å². The molecular weight excluding hydrogens is 288 g/mol. The molecule has 0 N–H and O–H groups in total. The SMILES string of the molecule is Cc1nc(C(C)c2cccc(C#N)c2)cc(N2CCOCC2)n1. The van der Waals surface area contributed by atoms with Crippen LogP contribution in [-0.4, -0.2) is 36.3 Å². The van der Waals surface area contributed by atoms with E-state index in [2.05, 4.69) is 33.9 Å². The number of hydrogen-bond donors (Lipinski definition) is 0. The summed E-state index contributed by atoms with van der Waals surface area (Å²) in [6.07, 6.45) is 0. The Balaban J connectivity index is 1.92. The third-order valence-electron chi connectivity index (χ3n) is 4.14. The van der Waals surface area contributed by atoms with Gasteiger partial charge in [0.05, 0.1) is 30.5 Å². The second kappa shape index (κ2) is 6.76. The quantitative estimate of drug-likeness (QED) is 0.872. The number of rotatable bonds is 3. The van der Waals surface area contributed by atoms with Crippen LogP contribution in [0.1, 0.15) is 35.5 Å². The van der Waals surface area contributed by atoms with E-state index in [1.54, 1.807) is 0 Å². The number of hydrogen-bond acceptors (Lipinski definition) is 5. The summed E-state index contributed by atoms with van der Waals surface area (Å²) in [4.78, 5) is 11.4. The highest BCUT2D eigenvalue weighted by molar-refractivity contribution is 5.44. The van der Waals surface area contributed by atoms with Crippen molar-refractivity contribution in [1.29, 1.82) is 5.26 Å². The van der Waals surface area contributed by atoms with Crippen molar-refractivity contribution in [3.05, 3.63) is 53.0 Å². The highest BCUT2D eigenvalue weighted by atomic mass is 16.5. The molecule has 23 heavy (non-hydrogen) atoms. The van der Waals surface area contributed by atoms with Crippen LogP contribution < -0.4 is 4.90 Å². The van der Waals surface area contributed by atoms with Gasteiger partial charge in [-0.05, 0) is 24.6 Å². The predicted octanol–water partition coefficient (Wildman–Crippen LogP) is 2.65.